The molecule has 25 heavy (non-hydrogen) atoms. The van der Waals surface area contributed by atoms with Crippen molar-refractivity contribution >= 4 is 11.8 Å². The van der Waals surface area contributed by atoms with E-state index in [4.69, 9.17) is 0 Å². The molecule has 1 heterocycles. The number of carbonyl (C=O) groups excluding carboxylic acids is 2. The average Bonchev–Trinajstić information content (AvgIpc) is 2.59. The van der Waals surface area contributed by atoms with Crippen molar-refractivity contribution in [3.63, 3.8) is 0 Å². The number of carbonyl (C=O) groups is 2. The van der Waals surface area contributed by atoms with Crippen LogP contribution < -0.4 is 15.8 Å². The lowest BCUT2D eigenvalue weighted by molar-refractivity contribution is -0.907. The van der Waals surface area contributed by atoms with E-state index >= 15 is 0 Å². The summed E-state index contributed by atoms with van der Waals surface area (Å²) in [6.07, 6.45) is 11.0. The van der Waals surface area contributed by atoms with Crippen molar-refractivity contribution in [3.05, 3.63) is 0 Å². The summed E-state index contributed by atoms with van der Waals surface area (Å²) in [4.78, 5) is 26.8. The maximum Gasteiger partial charge on any atom is 0.246 e. The fourth-order valence-electron chi connectivity index (χ4n) is 6.54. The molecule has 140 valence electrons. The Labute approximate surface area is 151 Å². The molecule has 1 saturated heterocycles. The Hall–Kier alpha value is -1.10. The zero-order chi connectivity index (χ0) is 17.4. The highest BCUT2D eigenvalue weighted by Crippen LogP contribution is 2.59. The summed E-state index contributed by atoms with van der Waals surface area (Å²) in [6, 6.07) is 0. The molecule has 4 bridgehead atoms. The molecule has 2 amide bonds. The highest BCUT2D eigenvalue weighted by atomic mass is 16.2. The number of rotatable bonds is 4. The van der Waals surface area contributed by atoms with Crippen LogP contribution in [0.25, 0.3) is 0 Å². The second kappa shape index (κ2) is 6.90. The lowest BCUT2D eigenvalue weighted by atomic mass is 9.49. The standard InChI is InChI=1S/C20H33N3O2/c1-14(13-23-5-3-2-4-6-23)18(24)21-22-19(25)20-10-15-7-16(11-20)9-17(8-15)12-20/h14-17H,2-13H2,1H3,(H,21,24)(H,22,25)/p+1/t14-,15?,16?,17?,20?/m0/s1. The summed E-state index contributed by atoms with van der Waals surface area (Å²) >= 11 is 0. The fraction of sp³-hybridized carbons (Fsp3) is 0.900. The van der Waals surface area contributed by atoms with Crippen molar-refractivity contribution in [1.82, 2.24) is 10.9 Å². The molecule has 4 aliphatic carbocycles. The summed E-state index contributed by atoms with van der Waals surface area (Å²) < 4.78 is 0. The number of hydrogen-bond acceptors (Lipinski definition) is 2. The zero-order valence-corrected chi connectivity index (χ0v) is 15.6. The molecule has 5 rings (SSSR count). The molecular formula is C20H34N3O2+. The lowest BCUT2D eigenvalue weighted by Gasteiger charge is -2.55. The molecule has 0 aromatic rings. The van der Waals surface area contributed by atoms with Crippen LogP contribution in [0.3, 0.4) is 0 Å². The highest BCUT2D eigenvalue weighted by Gasteiger charge is 2.54. The normalized spacial score (nSPS) is 38.4. The molecule has 5 heteroatoms. The van der Waals surface area contributed by atoms with Gasteiger partial charge >= 0.3 is 0 Å². The molecule has 5 fully saturated rings. The third-order valence-corrected chi connectivity index (χ3v) is 7.42. The zero-order valence-electron chi connectivity index (χ0n) is 15.6. The van der Waals surface area contributed by atoms with Gasteiger partial charge in [0.15, 0.2) is 0 Å². The van der Waals surface area contributed by atoms with Gasteiger partial charge in [-0.1, -0.05) is 0 Å². The van der Waals surface area contributed by atoms with Gasteiger partial charge in [-0.05, 0) is 82.5 Å². The molecule has 0 radical (unpaired) electrons. The molecule has 1 atom stereocenters. The molecule has 1 aliphatic heterocycles. The van der Waals surface area contributed by atoms with Crippen LogP contribution in [-0.2, 0) is 9.59 Å². The van der Waals surface area contributed by atoms with Gasteiger partial charge in [0, 0.05) is 0 Å². The van der Waals surface area contributed by atoms with Crippen molar-refractivity contribution in [1.29, 1.82) is 0 Å². The van der Waals surface area contributed by atoms with Crippen LogP contribution >= 0.6 is 0 Å². The Morgan fingerprint density at radius 3 is 2.08 bits per heavy atom. The van der Waals surface area contributed by atoms with Crippen molar-refractivity contribution in [3.8, 4) is 0 Å². The van der Waals surface area contributed by atoms with Crippen molar-refractivity contribution in [2.24, 2.45) is 29.1 Å². The minimum atomic E-state index is -0.191. The van der Waals surface area contributed by atoms with Gasteiger partial charge in [-0.2, -0.15) is 0 Å². The third-order valence-electron chi connectivity index (χ3n) is 7.42. The molecule has 0 spiro atoms. The number of nitrogens with one attached hydrogen (secondary N) is 3. The number of amides is 2. The maximum absolute atomic E-state index is 12.9. The first-order valence-electron chi connectivity index (χ1n) is 10.5. The SMILES string of the molecule is C[C@@H](C[NH+]1CCCCC1)C(=O)NNC(=O)C12CC3CC(CC(C3)C1)C2. The topological polar surface area (TPSA) is 62.6 Å². The van der Waals surface area contributed by atoms with E-state index in [1.165, 1.54) is 56.5 Å². The molecule has 0 unspecified atom stereocenters. The van der Waals surface area contributed by atoms with Gasteiger partial charge in [-0.15, -0.1) is 0 Å². The van der Waals surface area contributed by atoms with Gasteiger partial charge in [-0.25, -0.2) is 0 Å². The van der Waals surface area contributed by atoms with E-state index in [2.05, 4.69) is 10.9 Å². The monoisotopic (exact) mass is 348 g/mol. The second-order valence-corrected chi connectivity index (χ2v) is 9.56. The van der Waals surface area contributed by atoms with E-state index in [0.29, 0.717) is 0 Å². The average molecular weight is 349 g/mol. The summed E-state index contributed by atoms with van der Waals surface area (Å²) in [5.74, 6) is 2.23. The van der Waals surface area contributed by atoms with E-state index < -0.39 is 0 Å². The van der Waals surface area contributed by atoms with Gasteiger partial charge in [0.05, 0.1) is 31.0 Å². The summed E-state index contributed by atoms with van der Waals surface area (Å²) in [6.45, 7) is 5.21. The molecule has 4 saturated carbocycles. The van der Waals surface area contributed by atoms with E-state index in [1.807, 2.05) is 6.92 Å². The Morgan fingerprint density at radius 1 is 0.960 bits per heavy atom. The van der Waals surface area contributed by atoms with E-state index in [1.54, 1.807) is 0 Å². The largest absolute Gasteiger partial charge is 0.334 e. The van der Waals surface area contributed by atoms with Gasteiger partial charge in [0.25, 0.3) is 0 Å². The van der Waals surface area contributed by atoms with E-state index in [-0.39, 0.29) is 23.1 Å². The molecular weight excluding hydrogens is 314 g/mol. The Balaban J connectivity index is 1.27. The van der Waals surface area contributed by atoms with Crippen LogP contribution in [0.5, 0.6) is 0 Å². The summed E-state index contributed by atoms with van der Waals surface area (Å²) in [5, 5.41) is 0. The number of hydrazine groups is 1. The van der Waals surface area contributed by atoms with Gasteiger partial charge in [-0.3, -0.25) is 20.4 Å². The Bertz CT molecular complexity index is 492. The Morgan fingerprint density at radius 2 is 1.52 bits per heavy atom. The van der Waals surface area contributed by atoms with Crippen molar-refractivity contribution in [2.45, 2.75) is 64.7 Å². The predicted molar refractivity (Wildman–Crippen MR) is 95.5 cm³/mol. The minimum absolute atomic E-state index is 0.0313. The first-order valence-corrected chi connectivity index (χ1v) is 10.5. The van der Waals surface area contributed by atoms with Crippen LogP contribution in [0.4, 0.5) is 0 Å². The number of piperidine rings is 1. The van der Waals surface area contributed by atoms with Crippen LogP contribution in [0.15, 0.2) is 0 Å². The third kappa shape index (κ3) is 3.57. The van der Waals surface area contributed by atoms with Crippen LogP contribution in [-0.4, -0.2) is 31.4 Å². The first kappa shape index (κ1) is 17.3. The molecule has 0 aromatic heterocycles. The quantitative estimate of drug-likeness (QED) is 0.665. The number of hydrogen-bond donors (Lipinski definition) is 3. The van der Waals surface area contributed by atoms with Gasteiger partial charge in [0.2, 0.25) is 11.8 Å². The van der Waals surface area contributed by atoms with Crippen LogP contribution in [0, 0.1) is 29.1 Å². The minimum Gasteiger partial charge on any atom is -0.334 e. The van der Waals surface area contributed by atoms with Crippen molar-refractivity contribution in [2.75, 3.05) is 19.6 Å². The fourth-order valence-corrected chi connectivity index (χ4v) is 6.54. The molecule has 5 aliphatic rings. The summed E-state index contributed by atoms with van der Waals surface area (Å²) in [5.41, 5.74) is 5.36. The van der Waals surface area contributed by atoms with Crippen LogP contribution in [0.1, 0.15) is 64.7 Å². The summed E-state index contributed by atoms with van der Waals surface area (Å²) in [7, 11) is 0. The smallest absolute Gasteiger partial charge is 0.246 e. The predicted octanol–water partition coefficient (Wildman–Crippen LogP) is 1.06. The second-order valence-electron chi connectivity index (χ2n) is 9.56. The van der Waals surface area contributed by atoms with E-state index in [0.717, 1.165) is 43.6 Å². The highest BCUT2D eigenvalue weighted by molar-refractivity contribution is 5.86. The van der Waals surface area contributed by atoms with E-state index in [9.17, 15) is 9.59 Å². The Kier molecular flexibility index (Phi) is 4.78. The first-order chi connectivity index (χ1) is 12.0. The number of quaternary nitrogens is 1. The number of likely N-dealkylation sites (tertiary alicyclic amines) is 1. The van der Waals surface area contributed by atoms with Crippen molar-refractivity contribution < 1.29 is 14.5 Å². The lowest BCUT2D eigenvalue weighted by Crippen LogP contribution is -3.13. The molecule has 3 N–H and O–H groups in total. The van der Waals surface area contributed by atoms with Crippen LogP contribution in [0.2, 0.25) is 0 Å². The molecule has 5 nitrogen and oxygen atoms in total. The maximum atomic E-state index is 12.9. The van der Waals surface area contributed by atoms with Gasteiger partial charge < -0.3 is 4.90 Å². The van der Waals surface area contributed by atoms with Gasteiger partial charge in [0.1, 0.15) is 0 Å². The molecule has 0 aromatic carbocycles.